The van der Waals surface area contributed by atoms with Crippen molar-refractivity contribution in [2.45, 2.75) is 18.9 Å². The number of ketones is 1. The van der Waals surface area contributed by atoms with Gasteiger partial charge in [0.2, 0.25) is 0 Å². The summed E-state index contributed by atoms with van der Waals surface area (Å²) in [6, 6.07) is 7.59. The van der Waals surface area contributed by atoms with E-state index in [4.69, 9.17) is 11.6 Å². The molecule has 2 rings (SSSR count). The second-order valence-electron chi connectivity index (χ2n) is 3.59. The number of carbonyl (C=O) groups is 1. The summed E-state index contributed by atoms with van der Waals surface area (Å²) < 4.78 is 0. The smallest absolute Gasteiger partial charge is 0.176 e. The highest BCUT2D eigenvalue weighted by Gasteiger charge is 2.21. The van der Waals surface area contributed by atoms with Crippen LogP contribution >= 0.6 is 11.6 Å². The normalized spacial score (nSPS) is 15.5. The van der Waals surface area contributed by atoms with E-state index in [1.807, 2.05) is 0 Å². The Morgan fingerprint density at radius 2 is 2.00 bits per heavy atom. The molecule has 3 heteroatoms. The highest BCUT2D eigenvalue weighted by molar-refractivity contribution is 6.30. The number of hydrogen-bond acceptors (Lipinski definition) is 2. The second-order valence-corrected chi connectivity index (χ2v) is 4.02. The molecule has 0 radical (unpaired) electrons. The van der Waals surface area contributed by atoms with Crippen LogP contribution in [0.2, 0.25) is 5.02 Å². The molecule has 1 saturated carbocycles. The van der Waals surface area contributed by atoms with Crippen molar-refractivity contribution in [3.63, 3.8) is 0 Å². The van der Waals surface area contributed by atoms with Crippen molar-refractivity contribution in [2.75, 3.05) is 6.54 Å². The lowest BCUT2D eigenvalue weighted by atomic mass is 10.1. The highest BCUT2D eigenvalue weighted by Crippen LogP contribution is 2.18. The summed E-state index contributed by atoms with van der Waals surface area (Å²) in [6.07, 6.45) is 2.40. The summed E-state index contributed by atoms with van der Waals surface area (Å²) >= 11 is 5.73. The fourth-order valence-electron chi connectivity index (χ4n) is 1.26. The number of nitrogens with one attached hydrogen (secondary N) is 1. The largest absolute Gasteiger partial charge is 0.307 e. The third-order valence-electron chi connectivity index (χ3n) is 2.29. The van der Waals surface area contributed by atoms with E-state index in [2.05, 4.69) is 5.32 Å². The number of hydrogen-bond donors (Lipinski definition) is 1. The van der Waals surface area contributed by atoms with Crippen LogP contribution in [0, 0.1) is 0 Å². The monoisotopic (exact) mass is 209 g/mol. The van der Waals surface area contributed by atoms with Gasteiger partial charge in [-0.2, -0.15) is 0 Å². The SMILES string of the molecule is O=C(CNC1CC1)c1ccc(Cl)cc1. The van der Waals surface area contributed by atoms with E-state index in [0.717, 1.165) is 5.56 Å². The standard InChI is InChI=1S/C11H12ClNO/c12-9-3-1-8(2-4-9)11(14)7-13-10-5-6-10/h1-4,10,13H,5-7H2. The first kappa shape index (κ1) is 9.69. The third-order valence-corrected chi connectivity index (χ3v) is 2.55. The van der Waals surface area contributed by atoms with E-state index < -0.39 is 0 Å². The average Bonchev–Trinajstić information content (AvgIpc) is 2.99. The zero-order valence-corrected chi connectivity index (χ0v) is 8.55. The van der Waals surface area contributed by atoms with Crippen LogP contribution in [-0.4, -0.2) is 18.4 Å². The molecular formula is C11H12ClNO. The molecule has 14 heavy (non-hydrogen) atoms. The van der Waals surface area contributed by atoms with Crippen LogP contribution in [0.3, 0.4) is 0 Å². The minimum Gasteiger partial charge on any atom is -0.307 e. The number of rotatable bonds is 4. The Morgan fingerprint density at radius 1 is 1.36 bits per heavy atom. The van der Waals surface area contributed by atoms with Crippen LogP contribution in [0.15, 0.2) is 24.3 Å². The van der Waals surface area contributed by atoms with Crippen molar-refractivity contribution in [1.82, 2.24) is 5.32 Å². The highest BCUT2D eigenvalue weighted by atomic mass is 35.5. The molecule has 0 unspecified atom stereocenters. The predicted octanol–water partition coefficient (Wildman–Crippen LogP) is 2.27. The first-order chi connectivity index (χ1) is 6.75. The molecule has 0 atom stereocenters. The maximum Gasteiger partial charge on any atom is 0.176 e. The minimum atomic E-state index is 0.133. The third kappa shape index (κ3) is 2.56. The molecule has 2 nitrogen and oxygen atoms in total. The Labute approximate surface area is 88.3 Å². The number of carbonyl (C=O) groups excluding carboxylic acids is 1. The molecule has 1 aromatic carbocycles. The molecule has 0 saturated heterocycles. The topological polar surface area (TPSA) is 29.1 Å². The molecule has 1 aromatic rings. The Hall–Kier alpha value is -0.860. The Morgan fingerprint density at radius 3 is 2.57 bits per heavy atom. The summed E-state index contributed by atoms with van der Waals surface area (Å²) in [6.45, 7) is 0.437. The van der Waals surface area contributed by atoms with Gasteiger partial charge >= 0.3 is 0 Å². The van der Waals surface area contributed by atoms with Gasteiger partial charge in [0, 0.05) is 16.6 Å². The van der Waals surface area contributed by atoms with Crippen LogP contribution < -0.4 is 5.32 Å². The van der Waals surface area contributed by atoms with Gasteiger partial charge in [-0.25, -0.2) is 0 Å². The molecule has 0 heterocycles. The average molecular weight is 210 g/mol. The zero-order valence-electron chi connectivity index (χ0n) is 7.79. The predicted molar refractivity (Wildman–Crippen MR) is 56.8 cm³/mol. The molecule has 0 bridgehead atoms. The minimum absolute atomic E-state index is 0.133. The fraction of sp³-hybridized carbons (Fsp3) is 0.364. The van der Waals surface area contributed by atoms with Crippen molar-refractivity contribution in [2.24, 2.45) is 0 Å². The lowest BCUT2D eigenvalue weighted by Gasteiger charge is -2.02. The summed E-state index contributed by atoms with van der Waals surface area (Å²) in [7, 11) is 0. The van der Waals surface area contributed by atoms with E-state index >= 15 is 0 Å². The Balaban J connectivity index is 1.92. The molecule has 0 aliphatic heterocycles. The van der Waals surface area contributed by atoms with E-state index in [0.29, 0.717) is 17.6 Å². The van der Waals surface area contributed by atoms with Gasteiger partial charge in [-0.15, -0.1) is 0 Å². The van der Waals surface area contributed by atoms with Gasteiger partial charge in [-0.3, -0.25) is 4.79 Å². The van der Waals surface area contributed by atoms with Gasteiger partial charge in [0.25, 0.3) is 0 Å². The van der Waals surface area contributed by atoms with Crippen LogP contribution in [0.25, 0.3) is 0 Å². The number of halogens is 1. The molecule has 74 valence electrons. The molecule has 0 spiro atoms. The molecule has 0 amide bonds. The molecule has 1 aliphatic carbocycles. The number of Topliss-reactive ketones (excluding diaryl/α,β-unsaturated/α-hetero) is 1. The van der Waals surface area contributed by atoms with Gasteiger partial charge in [0.1, 0.15) is 0 Å². The van der Waals surface area contributed by atoms with Crippen molar-refractivity contribution in [3.8, 4) is 0 Å². The van der Waals surface area contributed by atoms with Crippen LogP contribution in [0.5, 0.6) is 0 Å². The maximum absolute atomic E-state index is 11.6. The number of benzene rings is 1. The first-order valence-electron chi connectivity index (χ1n) is 4.78. The molecule has 0 aromatic heterocycles. The fourth-order valence-corrected chi connectivity index (χ4v) is 1.39. The quantitative estimate of drug-likeness (QED) is 0.771. The van der Waals surface area contributed by atoms with Gasteiger partial charge < -0.3 is 5.32 Å². The molecule has 1 fully saturated rings. The lowest BCUT2D eigenvalue weighted by molar-refractivity contribution is 0.0990. The zero-order chi connectivity index (χ0) is 9.97. The molecule has 1 N–H and O–H groups in total. The van der Waals surface area contributed by atoms with E-state index in [1.165, 1.54) is 12.8 Å². The van der Waals surface area contributed by atoms with Crippen LogP contribution in [0.4, 0.5) is 0 Å². The van der Waals surface area contributed by atoms with E-state index in [9.17, 15) is 4.79 Å². The molecule has 1 aliphatic rings. The first-order valence-corrected chi connectivity index (χ1v) is 5.15. The van der Waals surface area contributed by atoms with Gasteiger partial charge in [-0.05, 0) is 37.1 Å². The summed E-state index contributed by atoms with van der Waals surface area (Å²) in [5.74, 6) is 0.133. The van der Waals surface area contributed by atoms with Crippen molar-refractivity contribution >= 4 is 17.4 Å². The van der Waals surface area contributed by atoms with Gasteiger partial charge in [-0.1, -0.05) is 11.6 Å². The molecular weight excluding hydrogens is 198 g/mol. The Bertz CT molecular complexity index is 330. The summed E-state index contributed by atoms with van der Waals surface area (Å²) in [5, 5.41) is 3.85. The Kier molecular flexibility index (Phi) is 2.85. The second kappa shape index (κ2) is 4.11. The maximum atomic E-state index is 11.6. The van der Waals surface area contributed by atoms with Crippen LogP contribution in [0.1, 0.15) is 23.2 Å². The van der Waals surface area contributed by atoms with Crippen molar-refractivity contribution in [3.05, 3.63) is 34.9 Å². The van der Waals surface area contributed by atoms with Crippen molar-refractivity contribution < 1.29 is 4.79 Å². The van der Waals surface area contributed by atoms with Crippen molar-refractivity contribution in [1.29, 1.82) is 0 Å². The van der Waals surface area contributed by atoms with Crippen LogP contribution in [-0.2, 0) is 0 Å². The van der Waals surface area contributed by atoms with Gasteiger partial charge in [0.05, 0.1) is 6.54 Å². The summed E-state index contributed by atoms with van der Waals surface area (Å²) in [4.78, 5) is 11.6. The van der Waals surface area contributed by atoms with Gasteiger partial charge in [0.15, 0.2) is 5.78 Å². The lowest BCUT2D eigenvalue weighted by Crippen LogP contribution is -2.24. The van der Waals surface area contributed by atoms with E-state index in [-0.39, 0.29) is 5.78 Å². The summed E-state index contributed by atoms with van der Waals surface area (Å²) in [5.41, 5.74) is 0.725. The van der Waals surface area contributed by atoms with E-state index in [1.54, 1.807) is 24.3 Å².